The lowest BCUT2D eigenvalue weighted by molar-refractivity contribution is -0.117. The highest BCUT2D eigenvalue weighted by Crippen LogP contribution is 2.26. The summed E-state index contributed by atoms with van der Waals surface area (Å²) in [7, 11) is 0. The molecule has 2 aliphatic heterocycles. The lowest BCUT2D eigenvalue weighted by Crippen LogP contribution is -2.60. The molecule has 4 N–H and O–H groups in total. The van der Waals surface area contributed by atoms with Crippen LogP contribution in [-0.4, -0.2) is 58.3 Å². The molecule has 0 spiro atoms. The van der Waals surface area contributed by atoms with Crippen LogP contribution in [0, 0.1) is 11.8 Å². The van der Waals surface area contributed by atoms with Crippen molar-refractivity contribution in [3.05, 3.63) is 6.08 Å². The molecule has 0 aromatic rings. The topological polar surface area (TPSA) is 106 Å². The van der Waals surface area contributed by atoms with Gasteiger partial charge in [0.1, 0.15) is 24.2 Å². The average Bonchev–Trinajstić information content (AvgIpc) is 2.64. The number of nitrogens with one attached hydrogen (secondary N) is 2. The summed E-state index contributed by atoms with van der Waals surface area (Å²) in [6.07, 6.45) is 5.42. The summed E-state index contributed by atoms with van der Waals surface area (Å²) in [5, 5.41) is 26.2. The van der Waals surface area contributed by atoms with Gasteiger partial charge < -0.3 is 15.5 Å². The van der Waals surface area contributed by atoms with Gasteiger partial charge in [0, 0.05) is 6.04 Å². The predicted molar refractivity (Wildman–Crippen MR) is 100 cm³/mol. The number of hydrogen-bond donors (Lipinski definition) is 4. The van der Waals surface area contributed by atoms with Gasteiger partial charge in [-0.2, -0.15) is 0 Å². The van der Waals surface area contributed by atoms with E-state index in [1.807, 2.05) is 13.0 Å². The van der Waals surface area contributed by atoms with E-state index < -0.39 is 24.4 Å². The van der Waals surface area contributed by atoms with Gasteiger partial charge in [-0.25, -0.2) is 4.99 Å². The molecule has 26 heavy (non-hydrogen) atoms. The van der Waals surface area contributed by atoms with Gasteiger partial charge in [0.25, 0.3) is 5.91 Å². The maximum absolute atomic E-state index is 12.7. The fourth-order valence-corrected chi connectivity index (χ4v) is 4.07. The molecule has 1 amide bonds. The van der Waals surface area contributed by atoms with Gasteiger partial charge in [0.15, 0.2) is 0 Å². The number of aliphatic hydroxyl groups excluding tert-OH is 2. The first-order chi connectivity index (χ1) is 12.5. The van der Waals surface area contributed by atoms with Gasteiger partial charge in [-0.15, -0.1) is 0 Å². The van der Waals surface area contributed by atoms with E-state index in [0.717, 1.165) is 19.3 Å². The number of carbonyl (C=O) groups excluding carboxylic acids is 1. The van der Waals surface area contributed by atoms with Gasteiger partial charge in [-0.1, -0.05) is 26.2 Å². The van der Waals surface area contributed by atoms with E-state index in [9.17, 15) is 15.0 Å². The Balaban J connectivity index is 1.70. The number of aliphatic imine (C=N–C) groups is 2. The Morgan fingerprint density at radius 2 is 2.08 bits per heavy atom. The van der Waals surface area contributed by atoms with Crippen molar-refractivity contribution in [1.82, 2.24) is 10.6 Å². The summed E-state index contributed by atoms with van der Waals surface area (Å²) >= 11 is 0. The van der Waals surface area contributed by atoms with E-state index in [2.05, 4.69) is 33.4 Å². The zero-order chi connectivity index (χ0) is 18.7. The van der Waals surface area contributed by atoms with Gasteiger partial charge in [0.05, 0.1) is 6.04 Å². The van der Waals surface area contributed by atoms with E-state index in [1.165, 1.54) is 19.3 Å². The van der Waals surface area contributed by atoms with Crippen molar-refractivity contribution in [2.45, 2.75) is 83.0 Å². The third kappa shape index (κ3) is 4.41. The Hall–Kier alpha value is -1.53. The van der Waals surface area contributed by atoms with Crippen molar-refractivity contribution in [3.63, 3.8) is 0 Å². The third-order valence-corrected chi connectivity index (χ3v) is 5.72. The largest absolute Gasteiger partial charge is 0.382 e. The van der Waals surface area contributed by atoms with Gasteiger partial charge in [0.2, 0.25) is 0 Å². The van der Waals surface area contributed by atoms with Gasteiger partial charge in [-0.05, 0) is 50.0 Å². The normalized spacial score (nSPS) is 36.5. The molecule has 144 valence electrons. The Morgan fingerprint density at radius 1 is 1.35 bits per heavy atom. The zero-order valence-corrected chi connectivity index (χ0v) is 15.6. The second kappa shape index (κ2) is 8.44. The molecule has 2 heterocycles. The SMILES string of the molecule is CC1C=C=NC(C2N=C(C(=O)N[C@H](C)C3CCCCC3)C(O)C(O)N2)C1. The Bertz CT molecular complexity index is 608. The van der Waals surface area contributed by atoms with Crippen LogP contribution in [0.15, 0.2) is 16.1 Å². The molecule has 1 aliphatic carbocycles. The van der Waals surface area contributed by atoms with E-state index in [0.29, 0.717) is 11.8 Å². The lowest BCUT2D eigenvalue weighted by Gasteiger charge is -2.34. The summed E-state index contributed by atoms with van der Waals surface area (Å²) in [4.78, 5) is 21.4. The molecule has 6 atom stereocenters. The van der Waals surface area contributed by atoms with Crippen molar-refractivity contribution in [2.75, 3.05) is 0 Å². The van der Waals surface area contributed by atoms with Crippen molar-refractivity contribution in [3.8, 4) is 0 Å². The van der Waals surface area contributed by atoms with Gasteiger partial charge >= 0.3 is 0 Å². The van der Waals surface area contributed by atoms with Crippen LogP contribution in [0.25, 0.3) is 0 Å². The molecule has 0 aromatic heterocycles. The molecule has 5 unspecified atom stereocenters. The Morgan fingerprint density at radius 3 is 2.77 bits per heavy atom. The highest BCUT2D eigenvalue weighted by molar-refractivity contribution is 6.41. The van der Waals surface area contributed by atoms with E-state index >= 15 is 0 Å². The molecule has 3 aliphatic rings. The fourth-order valence-electron chi connectivity index (χ4n) is 4.07. The first kappa shape index (κ1) is 19.2. The van der Waals surface area contributed by atoms with Crippen molar-refractivity contribution < 1.29 is 15.0 Å². The molecular formula is C19H30N4O3. The Labute approximate surface area is 154 Å². The van der Waals surface area contributed by atoms with Crippen LogP contribution < -0.4 is 10.6 Å². The molecular weight excluding hydrogens is 332 g/mol. The fraction of sp³-hybridized carbons (Fsp3) is 0.789. The molecule has 1 saturated carbocycles. The second-order valence-electron chi connectivity index (χ2n) is 7.88. The third-order valence-electron chi connectivity index (χ3n) is 5.72. The highest BCUT2D eigenvalue weighted by atomic mass is 16.3. The minimum atomic E-state index is -1.34. The van der Waals surface area contributed by atoms with Crippen LogP contribution in [-0.2, 0) is 4.79 Å². The molecule has 7 nitrogen and oxygen atoms in total. The zero-order valence-electron chi connectivity index (χ0n) is 15.6. The molecule has 1 fully saturated rings. The maximum atomic E-state index is 12.7. The van der Waals surface area contributed by atoms with Crippen molar-refractivity contribution >= 4 is 17.5 Å². The van der Waals surface area contributed by atoms with E-state index in [4.69, 9.17) is 0 Å². The first-order valence-corrected chi connectivity index (χ1v) is 9.75. The molecule has 0 bridgehead atoms. The smallest absolute Gasteiger partial charge is 0.268 e. The molecule has 0 aromatic carbocycles. The quantitative estimate of drug-likeness (QED) is 0.592. The minimum Gasteiger partial charge on any atom is -0.382 e. The van der Waals surface area contributed by atoms with Crippen molar-refractivity contribution in [2.24, 2.45) is 21.8 Å². The monoisotopic (exact) mass is 362 g/mol. The first-order valence-electron chi connectivity index (χ1n) is 9.75. The molecule has 0 saturated heterocycles. The number of amides is 1. The van der Waals surface area contributed by atoms with Crippen molar-refractivity contribution in [1.29, 1.82) is 0 Å². The highest BCUT2D eigenvalue weighted by Gasteiger charge is 2.38. The number of carbonyl (C=O) groups is 1. The summed E-state index contributed by atoms with van der Waals surface area (Å²) in [6.45, 7) is 4.07. The number of rotatable bonds is 4. The molecule has 0 radical (unpaired) electrons. The Kier molecular flexibility index (Phi) is 6.24. The van der Waals surface area contributed by atoms with E-state index in [-0.39, 0.29) is 17.8 Å². The maximum Gasteiger partial charge on any atom is 0.268 e. The summed E-state index contributed by atoms with van der Waals surface area (Å²) in [5.74, 6) is 3.24. The number of allylic oxidation sites excluding steroid dienone is 1. The summed E-state index contributed by atoms with van der Waals surface area (Å²) in [6, 6.07) is -0.186. The average molecular weight is 362 g/mol. The van der Waals surface area contributed by atoms with Crippen LogP contribution in [0.5, 0.6) is 0 Å². The summed E-state index contributed by atoms with van der Waals surface area (Å²) < 4.78 is 0. The number of aliphatic hydroxyl groups is 2. The van der Waals surface area contributed by atoms with Crippen LogP contribution in [0.3, 0.4) is 0 Å². The lowest BCUT2D eigenvalue weighted by atomic mass is 9.84. The van der Waals surface area contributed by atoms with E-state index in [1.54, 1.807) is 0 Å². The van der Waals surface area contributed by atoms with Crippen LogP contribution in [0.4, 0.5) is 0 Å². The second-order valence-corrected chi connectivity index (χ2v) is 7.88. The van der Waals surface area contributed by atoms with Crippen LogP contribution in [0.2, 0.25) is 0 Å². The predicted octanol–water partition coefficient (Wildman–Crippen LogP) is 0.755. The number of hydrogen-bond acceptors (Lipinski definition) is 6. The molecule has 7 heteroatoms. The molecule has 3 rings (SSSR count). The van der Waals surface area contributed by atoms with Crippen LogP contribution in [0.1, 0.15) is 52.4 Å². The standard InChI is InChI=1S/C19H30N4O3/c1-11-8-9-20-14(10-11)17-22-15(16(24)19(26)23-17)18(25)21-12(2)13-6-4-3-5-7-13/h8,11-14,16-17,19,23-24,26H,3-7,10H2,1-2H3,(H,21,25)/t11?,12-,14?,16?,17?,19?/m1/s1. The number of nitrogens with zero attached hydrogens (tertiary/aromatic N) is 2. The van der Waals surface area contributed by atoms with Gasteiger partial charge in [-0.3, -0.25) is 15.1 Å². The summed E-state index contributed by atoms with van der Waals surface area (Å²) in [5.41, 5.74) is -0.0127. The van der Waals surface area contributed by atoms with Crippen LogP contribution >= 0.6 is 0 Å². The minimum absolute atomic E-state index is 0.0127.